The van der Waals surface area contributed by atoms with Crippen molar-refractivity contribution in [2.45, 2.75) is 13.0 Å². The lowest BCUT2D eigenvalue weighted by atomic mass is 10.0. The third-order valence-corrected chi connectivity index (χ3v) is 7.38. The highest BCUT2D eigenvalue weighted by atomic mass is 16.2. The van der Waals surface area contributed by atoms with Gasteiger partial charge in [-0.25, -0.2) is 4.98 Å². The van der Waals surface area contributed by atoms with Crippen molar-refractivity contribution in [3.05, 3.63) is 101 Å². The van der Waals surface area contributed by atoms with Crippen molar-refractivity contribution in [3.63, 3.8) is 0 Å². The largest absolute Gasteiger partial charge is 0.361 e. The van der Waals surface area contributed by atoms with E-state index in [0.717, 1.165) is 49.2 Å². The van der Waals surface area contributed by atoms with Gasteiger partial charge in [-0.3, -0.25) is 14.2 Å². The maximum Gasteiger partial charge on any atom is 0.261 e. The smallest absolute Gasteiger partial charge is 0.261 e. The molecule has 7 heteroatoms. The van der Waals surface area contributed by atoms with E-state index < -0.39 is 0 Å². The third kappa shape index (κ3) is 4.54. The fourth-order valence-corrected chi connectivity index (χ4v) is 5.07. The molecule has 1 N–H and O–H groups in total. The summed E-state index contributed by atoms with van der Waals surface area (Å²) < 4.78 is 1.69. The molecule has 0 saturated carbocycles. The molecule has 3 aromatic carbocycles. The number of benzene rings is 3. The molecule has 1 aliphatic heterocycles. The lowest BCUT2D eigenvalue weighted by Gasteiger charge is -2.32. The van der Waals surface area contributed by atoms with Gasteiger partial charge in [-0.2, -0.15) is 0 Å². The topological polar surface area (TPSA) is 74.2 Å². The van der Waals surface area contributed by atoms with Gasteiger partial charge in [-0.1, -0.05) is 36.4 Å². The molecule has 1 saturated heterocycles. The molecule has 3 heterocycles. The maximum atomic E-state index is 13.3. The summed E-state index contributed by atoms with van der Waals surface area (Å²) in [6.45, 7) is 3.85. The van der Waals surface area contributed by atoms with E-state index in [-0.39, 0.29) is 11.5 Å². The summed E-state index contributed by atoms with van der Waals surface area (Å²) in [4.78, 5) is 38.2. The molecular weight excluding hydrogens is 462 g/mol. The van der Waals surface area contributed by atoms with Gasteiger partial charge >= 0.3 is 0 Å². The second-order valence-corrected chi connectivity index (χ2v) is 9.76. The van der Waals surface area contributed by atoms with Crippen LogP contribution in [0.25, 0.3) is 32.9 Å². The maximum absolute atomic E-state index is 13.3. The minimum atomic E-state index is -0.0476. The minimum absolute atomic E-state index is 0.0476. The summed E-state index contributed by atoms with van der Waals surface area (Å²) in [5, 5.41) is 1.78. The van der Waals surface area contributed by atoms with Crippen molar-refractivity contribution < 1.29 is 4.79 Å². The predicted molar refractivity (Wildman–Crippen MR) is 147 cm³/mol. The van der Waals surface area contributed by atoms with Gasteiger partial charge < -0.3 is 14.8 Å². The molecule has 0 atom stereocenters. The number of nitrogens with one attached hydrogen (secondary N) is 1. The fraction of sp³-hybridized carbons (Fsp3) is 0.233. The molecule has 1 fully saturated rings. The number of hydrogen-bond donors (Lipinski definition) is 1. The van der Waals surface area contributed by atoms with Gasteiger partial charge in [0.2, 0.25) is 0 Å². The SMILES string of the molecule is CN1CCN(C(=O)c2ccc(-c3ccc4ncn(CCc5c[nH]c6ccccc56)c(=O)c4c3)cc2)CC1. The molecule has 6 rings (SSSR count). The van der Waals surface area contributed by atoms with Gasteiger partial charge in [0.1, 0.15) is 0 Å². The van der Waals surface area contributed by atoms with Crippen molar-refractivity contribution in [3.8, 4) is 11.1 Å². The molecule has 37 heavy (non-hydrogen) atoms. The number of para-hydroxylation sites is 1. The number of rotatable bonds is 5. The number of piperazine rings is 1. The number of aromatic nitrogens is 3. The Hall–Kier alpha value is -4.23. The summed E-state index contributed by atoms with van der Waals surface area (Å²) >= 11 is 0. The molecule has 0 spiro atoms. The number of aryl methyl sites for hydroxylation is 2. The number of fused-ring (bicyclic) bond motifs is 2. The van der Waals surface area contributed by atoms with Gasteiger partial charge in [0.05, 0.1) is 17.2 Å². The minimum Gasteiger partial charge on any atom is -0.361 e. The Morgan fingerprint density at radius 2 is 1.68 bits per heavy atom. The average molecular weight is 492 g/mol. The Morgan fingerprint density at radius 1 is 0.919 bits per heavy atom. The number of amides is 1. The first-order valence-corrected chi connectivity index (χ1v) is 12.7. The quantitative estimate of drug-likeness (QED) is 0.400. The summed E-state index contributed by atoms with van der Waals surface area (Å²) in [6.07, 6.45) is 4.39. The van der Waals surface area contributed by atoms with Crippen LogP contribution in [0.4, 0.5) is 0 Å². The highest BCUT2D eigenvalue weighted by Gasteiger charge is 2.20. The summed E-state index contributed by atoms with van der Waals surface area (Å²) in [5.74, 6) is 0.0699. The van der Waals surface area contributed by atoms with E-state index in [1.165, 1.54) is 10.9 Å². The zero-order chi connectivity index (χ0) is 25.4. The predicted octanol–water partition coefficient (Wildman–Crippen LogP) is 4.18. The first-order chi connectivity index (χ1) is 18.1. The Bertz CT molecular complexity index is 1640. The number of hydrogen-bond acceptors (Lipinski definition) is 4. The number of likely N-dealkylation sites (N-methyl/N-ethyl adjacent to an activating group) is 1. The van der Waals surface area contributed by atoms with E-state index in [0.29, 0.717) is 23.0 Å². The molecule has 2 aromatic heterocycles. The molecule has 1 aliphatic rings. The fourth-order valence-electron chi connectivity index (χ4n) is 5.07. The first-order valence-electron chi connectivity index (χ1n) is 12.7. The molecule has 1 amide bonds. The van der Waals surface area contributed by atoms with Crippen molar-refractivity contribution in [2.75, 3.05) is 33.2 Å². The summed E-state index contributed by atoms with van der Waals surface area (Å²) in [6, 6.07) is 21.6. The van der Waals surface area contributed by atoms with E-state index in [1.54, 1.807) is 10.9 Å². The van der Waals surface area contributed by atoms with E-state index in [9.17, 15) is 9.59 Å². The van der Waals surface area contributed by atoms with Crippen LogP contribution in [-0.2, 0) is 13.0 Å². The van der Waals surface area contributed by atoms with Gasteiger partial charge in [0.25, 0.3) is 11.5 Å². The molecule has 0 unspecified atom stereocenters. The van der Waals surface area contributed by atoms with E-state index in [2.05, 4.69) is 34.0 Å². The Kier molecular flexibility index (Phi) is 6.06. The van der Waals surface area contributed by atoms with E-state index >= 15 is 0 Å². The molecule has 0 bridgehead atoms. The van der Waals surface area contributed by atoms with E-state index in [4.69, 9.17) is 0 Å². The van der Waals surface area contributed by atoms with Gasteiger partial charge in [-0.05, 0) is 60.5 Å². The Labute approximate surface area is 215 Å². The highest BCUT2D eigenvalue weighted by molar-refractivity contribution is 5.95. The van der Waals surface area contributed by atoms with Crippen molar-refractivity contribution in [1.29, 1.82) is 0 Å². The lowest BCUT2D eigenvalue weighted by molar-refractivity contribution is 0.0664. The Balaban J connectivity index is 1.23. The zero-order valence-electron chi connectivity index (χ0n) is 20.9. The van der Waals surface area contributed by atoms with Crippen molar-refractivity contribution in [1.82, 2.24) is 24.3 Å². The third-order valence-electron chi connectivity index (χ3n) is 7.38. The average Bonchev–Trinajstić information content (AvgIpc) is 3.36. The Morgan fingerprint density at radius 3 is 2.49 bits per heavy atom. The molecule has 0 aliphatic carbocycles. The van der Waals surface area contributed by atoms with Gasteiger partial charge in [0.15, 0.2) is 0 Å². The van der Waals surface area contributed by atoms with Crippen LogP contribution in [0.3, 0.4) is 0 Å². The second-order valence-electron chi connectivity index (χ2n) is 9.76. The summed E-state index contributed by atoms with van der Waals surface area (Å²) in [7, 11) is 2.08. The van der Waals surface area contributed by atoms with Crippen LogP contribution in [-0.4, -0.2) is 63.5 Å². The zero-order valence-corrected chi connectivity index (χ0v) is 20.9. The number of nitrogens with zero attached hydrogens (tertiary/aromatic N) is 4. The number of aromatic amines is 1. The standard InChI is InChI=1S/C30H29N5O2/c1-33-14-16-34(17-15-33)29(36)22-8-6-21(7-9-22)23-10-11-28-26(18-23)30(37)35(20-32-28)13-12-24-19-31-27-5-3-2-4-25(24)27/h2-11,18-20,31H,12-17H2,1H3. The first kappa shape index (κ1) is 23.2. The van der Waals surface area contributed by atoms with E-state index in [1.807, 2.05) is 65.7 Å². The molecule has 186 valence electrons. The second kappa shape index (κ2) is 9.67. The number of carbonyl (C=O) groups is 1. The van der Waals surface area contributed by atoms with Crippen molar-refractivity contribution >= 4 is 27.7 Å². The summed E-state index contributed by atoms with van der Waals surface area (Å²) in [5.41, 5.74) is 5.50. The molecule has 5 aromatic rings. The van der Waals surface area contributed by atoms with Crippen LogP contribution in [0.2, 0.25) is 0 Å². The van der Waals surface area contributed by atoms with Crippen LogP contribution in [0.1, 0.15) is 15.9 Å². The number of H-pyrrole nitrogens is 1. The lowest BCUT2D eigenvalue weighted by Crippen LogP contribution is -2.47. The highest BCUT2D eigenvalue weighted by Crippen LogP contribution is 2.24. The number of carbonyl (C=O) groups excluding carboxylic acids is 1. The van der Waals surface area contributed by atoms with Crippen molar-refractivity contribution in [2.24, 2.45) is 0 Å². The van der Waals surface area contributed by atoms with Crippen LogP contribution in [0.15, 0.2) is 84.0 Å². The van der Waals surface area contributed by atoms with Crippen LogP contribution in [0.5, 0.6) is 0 Å². The molecular formula is C30H29N5O2. The normalized spacial score (nSPS) is 14.5. The monoisotopic (exact) mass is 491 g/mol. The van der Waals surface area contributed by atoms with Crippen LogP contribution < -0.4 is 5.56 Å². The molecule has 0 radical (unpaired) electrons. The van der Waals surface area contributed by atoms with Gasteiger partial charge in [-0.15, -0.1) is 0 Å². The van der Waals surface area contributed by atoms with Crippen LogP contribution >= 0.6 is 0 Å². The van der Waals surface area contributed by atoms with Gasteiger partial charge in [0, 0.05) is 55.4 Å². The molecule has 7 nitrogen and oxygen atoms in total. The van der Waals surface area contributed by atoms with Crippen LogP contribution in [0, 0.1) is 0 Å².